The molecule has 3 nitrogen and oxygen atoms in total. The monoisotopic (exact) mass is 314 g/mol. The molecule has 1 aliphatic rings. The Balaban J connectivity index is 2.14. The van der Waals surface area contributed by atoms with Gasteiger partial charge in [-0.2, -0.15) is 0 Å². The van der Waals surface area contributed by atoms with Gasteiger partial charge in [0.05, 0.1) is 4.47 Å². The first-order chi connectivity index (χ1) is 8.49. The Morgan fingerprint density at radius 3 is 2.89 bits per heavy atom. The molecule has 1 aliphatic heterocycles. The van der Waals surface area contributed by atoms with Gasteiger partial charge in [0.15, 0.2) is 0 Å². The Hall–Kier alpha value is -0.940. The van der Waals surface area contributed by atoms with E-state index in [0.29, 0.717) is 29.0 Å². The Bertz CT molecular complexity index is 466. The molecule has 2 rings (SSSR count). The van der Waals surface area contributed by atoms with Gasteiger partial charge in [-0.25, -0.2) is 4.39 Å². The molecule has 1 fully saturated rings. The molecule has 18 heavy (non-hydrogen) atoms. The van der Waals surface area contributed by atoms with Crippen molar-refractivity contribution in [1.29, 1.82) is 0 Å². The first-order valence-corrected chi connectivity index (χ1v) is 6.78. The van der Waals surface area contributed by atoms with Gasteiger partial charge in [0.25, 0.3) is 5.91 Å². The second-order valence-corrected chi connectivity index (χ2v) is 5.66. The van der Waals surface area contributed by atoms with Crippen LogP contribution in [0.25, 0.3) is 0 Å². The topological polar surface area (TPSA) is 46.3 Å². The van der Waals surface area contributed by atoms with Gasteiger partial charge in [0.1, 0.15) is 5.82 Å². The summed E-state index contributed by atoms with van der Waals surface area (Å²) in [6.07, 6.45) is 0.815. The number of nitrogens with zero attached hydrogens (tertiary/aromatic N) is 1. The van der Waals surface area contributed by atoms with Crippen molar-refractivity contribution in [3.8, 4) is 0 Å². The first-order valence-electron chi connectivity index (χ1n) is 5.99. The highest BCUT2D eigenvalue weighted by Gasteiger charge is 2.27. The molecule has 1 aromatic rings. The third-order valence-electron chi connectivity index (χ3n) is 3.43. The third-order valence-corrected chi connectivity index (χ3v) is 4.03. The second-order valence-electron chi connectivity index (χ2n) is 4.81. The fraction of sp³-hybridized carbons (Fsp3) is 0.462. The van der Waals surface area contributed by atoms with E-state index in [1.165, 1.54) is 18.2 Å². The largest absolute Gasteiger partial charge is 0.338 e. The zero-order valence-corrected chi connectivity index (χ0v) is 11.8. The number of benzene rings is 1. The lowest BCUT2D eigenvalue weighted by atomic mass is 9.94. The maximum absolute atomic E-state index is 13.1. The first kappa shape index (κ1) is 13.5. The summed E-state index contributed by atoms with van der Waals surface area (Å²) in [6, 6.07) is 4.50. The fourth-order valence-electron chi connectivity index (χ4n) is 2.16. The lowest BCUT2D eigenvalue weighted by molar-refractivity contribution is 0.0664. The molecule has 0 saturated carbocycles. The van der Waals surface area contributed by atoms with Gasteiger partial charge in [-0.15, -0.1) is 0 Å². The molecule has 0 spiro atoms. The highest BCUT2D eigenvalue weighted by atomic mass is 79.9. The van der Waals surface area contributed by atoms with Crippen LogP contribution in [-0.2, 0) is 0 Å². The molecule has 1 amide bonds. The van der Waals surface area contributed by atoms with E-state index in [1.54, 1.807) is 4.90 Å². The van der Waals surface area contributed by atoms with E-state index in [9.17, 15) is 9.18 Å². The summed E-state index contributed by atoms with van der Waals surface area (Å²) < 4.78 is 13.4. The molecule has 1 aromatic carbocycles. The maximum Gasteiger partial charge on any atom is 0.253 e. The van der Waals surface area contributed by atoms with Crippen molar-refractivity contribution >= 4 is 21.8 Å². The quantitative estimate of drug-likeness (QED) is 0.865. The minimum atomic E-state index is -0.361. The van der Waals surface area contributed by atoms with Crippen LogP contribution < -0.4 is 5.73 Å². The summed E-state index contributed by atoms with van der Waals surface area (Å²) in [7, 11) is 0. The average molecular weight is 315 g/mol. The molecule has 1 saturated heterocycles. The molecule has 5 heteroatoms. The zero-order valence-electron chi connectivity index (χ0n) is 10.2. The molecule has 0 bridgehead atoms. The molecule has 1 heterocycles. The van der Waals surface area contributed by atoms with Gasteiger partial charge in [0, 0.05) is 24.7 Å². The third kappa shape index (κ3) is 2.72. The number of carbonyl (C=O) groups is 1. The zero-order chi connectivity index (χ0) is 13.3. The van der Waals surface area contributed by atoms with Crippen LogP contribution in [0.1, 0.15) is 23.7 Å². The molecule has 0 aromatic heterocycles. The van der Waals surface area contributed by atoms with Gasteiger partial charge < -0.3 is 10.6 Å². The minimum Gasteiger partial charge on any atom is -0.338 e. The van der Waals surface area contributed by atoms with E-state index >= 15 is 0 Å². The van der Waals surface area contributed by atoms with Crippen molar-refractivity contribution in [3.05, 3.63) is 34.1 Å². The predicted octanol–water partition coefficient (Wildman–Crippen LogP) is 2.40. The second kappa shape index (κ2) is 5.36. The molecular weight excluding hydrogens is 299 g/mol. The highest BCUT2D eigenvalue weighted by molar-refractivity contribution is 9.10. The van der Waals surface area contributed by atoms with E-state index in [-0.39, 0.29) is 17.8 Å². The molecule has 98 valence electrons. The molecule has 0 aliphatic carbocycles. The molecular formula is C13H16BrFN2O. The number of hydrogen-bond donors (Lipinski definition) is 1. The molecule has 0 radical (unpaired) electrons. The van der Waals surface area contributed by atoms with E-state index < -0.39 is 0 Å². The maximum atomic E-state index is 13.1. The van der Waals surface area contributed by atoms with Crippen molar-refractivity contribution < 1.29 is 9.18 Å². The van der Waals surface area contributed by atoms with Crippen molar-refractivity contribution in [3.63, 3.8) is 0 Å². The standard InChI is InChI=1S/C13H16BrFN2O/c1-8-7-17(5-4-12(8)16)13(18)9-2-3-11(15)10(14)6-9/h2-3,6,8,12H,4-5,7,16H2,1H3. The van der Waals surface area contributed by atoms with Gasteiger partial charge in [0.2, 0.25) is 0 Å². The summed E-state index contributed by atoms with van der Waals surface area (Å²) in [4.78, 5) is 14.0. The smallest absolute Gasteiger partial charge is 0.253 e. The number of rotatable bonds is 1. The van der Waals surface area contributed by atoms with Crippen molar-refractivity contribution in [2.24, 2.45) is 11.7 Å². The van der Waals surface area contributed by atoms with Crippen molar-refractivity contribution in [1.82, 2.24) is 4.90 Å². The van der Waals surface area contributed by atoms with Crippen LogP contribution >= 0.6 is 15.9 Å². The number of likely N-dealkylation sites (tertiary alicyclic amines) is 1. The van der Waals surface area contributed by atoms with Gasteiger partial charge in [-0.05, 0) is 46.5 Å². The fourth-order valence-corrected chi connectivity index (χ4v) is 2.54. The number of piperidine rings is 1. The number of nitrogens with two attached hydrogens (primary N) is 1. The van der Waals surface area contributed by atoms with Crippen LogP contribution in [0.5, 0.6) is 0 Å². The average Bonchev–Trinajstić information content (AvgIpc) is 2.35. The Morgan fingerprint density at radius 2 is 2.28 bits per heavy atom. The minimum absolute atomic E-state index is 0.0607. The molecule has 2 atom stereocenters. The number of hydrogen-bond acceptors (Lipinski definition) is 2. The normalized spacial score (nSPS) is 24.1. The van der Waals surface area contributed by atoms with Gasteiger partial charge >= 0.3 is 0 Å². The van der Waals surface area contributed by atoms with Gasteiger partial charge in [-0.3, -0.25) is 4.79 Å². The van der Waals surface area contributed by atoms with Crippen LogP contribution in [-0.4, -0.2) is 29.9 Å². The predicted molar refractivity (Wildman–Crippen MR) is 71.8 cm³/mol. The van der Waals surface area contributed by atoms with Crippen LogP contribution in [0.2, 0.25) is 0 Å². The van der Waals surface area contributed by atoms with Crippen LogP contribution in [0.4, 0.5) is 4.39 Å². The summed E-state index contributed by atoms with van der Waals surface area (Å²) in [5, 5.41) is 0. The number of amides is 1. The summed E-state index contributed by atoms with van der Waals surface area (Å²) >= 11 is 3.09. The van der Waals surface area contributed by atoms with Crippen molar-refractivity contribution in [2.45, 2.75) is 19.4 Å². The van der Waals surface area contributed by atoms with Crippen LogP contribution in [0.3, 0.4) is 0 Å². The summed E-state index contributed by atoms with van der Waals surface area (Å²) in [6.45, 7) is 3.37. The summed E-state index contributed by atoms with van der Waals surface area (Å²) in [5.74, 6) is -0.123. The van der Waals surface area contributed by atoms with Gasteiger partial charge in [-0.1, -0.05) is 6.92 Å². The van der Waals surface area contributed by atoms with E-state index in [0.717, 1.165) is 6.42 Å². The Morgan fingerprint density at radius 1 is 1.56 bits per heavy atom. The van der Waals surface area contributed by atoms with Crippen molar-refractivity contribution in [2.75, 3.05) is 13.1 Å². The van der Waals surface area contributed by atoms with Crippen LogP contribution in [0.15, 0.2) is 22.7 Å². The van der Waals surface area contributed by atoms with E-state index in [2.05, 4.69) is 15.9 Å². The Kier molecular flexibility index (Phi) is 4.02. The number of carbonyl (C=O) groups excluding carboxylic acids is 1. The lowest BCUT2D eigenvalue weighted by Gasteiger charge is -2.35. The van der Waals surface area contributed by atoms with E-state index in [4.69, 9.17) is 5.73 Å². The van der Waals surface area contributed by atoms with E-state index in [1.807, 2.05) is 6.92 Å². The highest BCUT2D eigenvalue weighted by Crippen LogP contribution is 2.21. The lowest BCUT2D eigenvalue weighted by Crippen LogP contribution is -2.48. The molecule has 2 N–H and O–H groups in total. The summed E-state index contributed by atoms with van der Waals surface area (Å²) in [5.41, 5.74) is 6.43. The molecule has 2 unspecified atom stereocenters. The Labute approximate surface area is 114 Å². The SMILES string of the molecule is CC1CN(C(=O)c2ccc(F)c(Br)c2)CCC1N. The number of halogens is 2. The van der Waals surface area contributed by atoms with Crippen LogP contribution in [0, 0.1) is 11.7 Å².